The number of carboxylic acid groups (broad SMARTS) is 1. The van der Waals surface area contributed by atoms with Crippen LogP contribution in [0.3, 0.4) is 0 Å². The highest BCUT2D eigenvalue weighted by molar-refractivity contribution is 5.89. The summed E-state index contributed by atoms with van der Waals surface area (Å²) in [6.45, 7) is 12.2. The fourth-order valence-electron chi connectivity index (χ4n) is 1.89. The predicted octanol–water partition coefficient (Wildman–Crippen LogP) is 3.69. The van der Waals surface area contributed by atoms with Crippen LogP contribution in [0.4, 0.5) is 0 Å². The van der Waals surface area contributed by atoms with Crippen molar-refractivity contribution >= 4 is 5.97 Å². The lowest BCUT2D eigenvalue weighted by atomic mass is 10.0. The largest absolute Gasteiger partial charge is 0.478 e. The standard InChI is InChI=1S/C10H12O2.C6H15N/c1-2-5-8-6-3-4-7-9(8)10(11)12;1-4-7(5-2)6-3/h3-4,6-7H,2,5H2,1H3,(H,11,12);4-6H2,1-3H3. The zero-order valence-electron chi connectivity index (χ0n) is 12.6. The van der Waals surface area contributed by atoms with Crippen molar-refractivity contribution in [1.82, 2.24) is 4.90 Å². The van der Waals surface area contributed by atoms with Crippen molar-refractivity contribution in [3.05, 3.63) is 35.4 Å². The highest BCUT2D eigenvalue weighted by Gasteiger charge is 2.06. The van der Waals surface area contributed by atoms with Gasteiger partial charge in [-0.2, -0.15) is 0 Å². The van der Waals surface area contributed by atoms with Gasteiger partial charge in [0.05, 0.1) is 5.56 Å². The average Bonchev–Trinajstić information content (AvgIpc) is 2.42. The van der Waals surface area contributed by atoms with E-state index in [1.54, 1.807) is 12.1 Å². The SMILES string of the molecule is CCCc1ccccc1C(=O)O.CCN(CC)CC. The minimum absolute atomic E-state index is 0.430. The molecular weight excluding hydrogens is 238 g/mol. The first-order valence-electron chi connectivity index (χ1n) is 7.14. The molecule has 0 atom stereocenters. The van der Waals surface area contributed by atoms with Crippen LogP contribution in [0.15, 0.2) is 24.3 Å². The van der Waals surface area contributed by atoms with E-state index in [0.717, 1.165) is 18.4 Å². The Bertz CT molecular complexity index is 354. The summed E-state index contributed by atoms with van der Waals surface area (Å²) in [5, 5.41) is 8.79. The van der Waals surface area contributed by atoms with Gasteiger partial charge >= 0.3 is 5.97 Å². The maximum atomic E-state index is 10.7. The Hall–Kier alpha value is -1.35. The van der Waals surface area contributed by atoms with Crippen molar-refractivity contribution in [3.63, 3.8) is 0 Å². The summed E-state index contributed by atoms with van der Waals surface area (Å²) in [6.07, 6.45) is 1.81. The Labute approximate surface area is 117 Å². The van der Waals surface area contributed by atoms with E-state index in [2.05, 4.69) is 25.7 Å². The Morgan fingerprint density at radius 1 is 1.05 bits per heavy atom. The fourth-order valence-corrected chi connectivity index (χ4v) is 1.89. The lowest BCUT2D eigenvalue weighted by Gasteiger charge is -2.13. The molecule has 0 heterocycles. The zero-order valence-corrected chi connectivity index (χ0v) is 12.6. The van der Waals surface area contributed by atoms with E-state index in [0.29, 0.717) is 5.56 Å². The van der Waals surface area contributed by atoms with E-state index in [4.69, 9.17) is 5.11 Å². The number of carbonyl (C=O) groups is 1. The van der Waals surface area contributed by atoms with Crippen molar-refractivity contribution in [3.8, 4) is 0 Å². The molecule has 3 nitrogen and oxygen atoms in total. The highest BCUT2D eigenvalue weighted by Crippen LogP contribution is 2.10. The second-order valence-electron chi connectivity index (χ2n) is 4.33. The number of benzene rings is 1. The lowest BCUT2D eigenvalue weighted by Crippen LogP contribution is -2.21. The van der Waals surface area contributed by atoms with Gasteiger partial charge in [-0.25, -0.2) is 4.79 Å². The molecule has 0 aromatic heterocycles. The molecule has 0 unspecified atom stereocenters. The summed E-state index contributed by atoms with van der Waals surface area (Å²) >= 11 is 0. The number of nitrogens with zero attached hydrogens (tertiary/aromatic N) is 1. The van der Waals surface area contributed by atoms with Gasteiger partial charge in [0.25, 0.3) is 0 Å². The number of rotatable bonds is 6. The molecule has 0 aliphatic rings. The highest BCUT2D eigenvalue weighted by atomic mass is 16.4. The number of aromatic carboxylic acids is 1. The second kappa shape index (κ2) is 10.6. The van der Waals surface area contributed by atoms with Crippen molar-refractivity contribution in [2.45, 2.75) is 40.5 Å². The summed E-state index contributed by atoms with van der Waals surface area (Å²) in [6, 6.07) is 7.14. The van der Waals surface area contributed by atoms with Crippen LogP contribution in [-0.4, -0.2) is 35.6 Å². The monoisotopic (exact) mass is 265 g/mol. The molecule has 0 saturated heterocycles. The third-order valence-corrected chi connectivity index (χ3v) is 3.11. The topological polar surface area (TPSA) is 40.5 Å². The van der Waals surface area contributed by atoms with Crippen molar-refractivity contribution in [2.24, 2.45) is 0 Å². The zero-order chi connectivity index (χ0) is 14.7. The van der Waals surface area contributed by atoms with Crippen molar-refractivity contribution in [2.75, 3.05) is 19.6 Å². The third kappa shape index (κ3) is 6.97. The van der Waals surface area contributed by atoms with Crippen molar-refractivity contribution in [1.29, 1.82) is 0 Å². The summed E-state index contributed by atoms with van der Waals surface area (Å²) < 4.78 is 0. The molecule has 3 heteroatoms. The van der Waals surface area contributed by atoms with E-state index >= 15 is 0 Å². The van der Waals surface area contributed by atoms with Crippen LogP contribution in [0.2, 0.25) is 0 Å². The quantitative estimate of drug-likeness (QED) is 0.853. The van der Waals surface area contributed by atoms with Gasteiger partial charge in [-0.15, -0.1) is 0 Å². The first-order valence-corrected chi connectivity index (χ1v) is 7.14. The van der Waals surface area contributed by atoms with Gasteiger partial charge < -0.3 is 10.0 Å². The lowest BCUT2D eigenvalue weighted by molar-refractivity contribution is 0.0695. The molecule has 0 spiro atoms. The maximum absolute atomic E-state index is 10.7. The van der Waals surface area contributed by atoms with Crippen LogP contribution < -0.4 is 0 Å². The molecule has 1 rings (SSSR count). The smallest absolute Gasteiger partial charge is 0.335 e. The maximum Gasteiger partial charge on any atom is 0.335 e. The second-order valence-corrected chi connectivity index (χ2v) is 4.33. The van der Waals surface area contributed by atoms with E-state index in [-0.39, 0.29) is 0 Å². The van der Waals surface area contributed by atoms with Gasteiger partial charge in [-0.05, 0) is 37.7 Å². The Kier molecular flexibility index (Phi) is 9.81. The summed E-state index contributed by atoms with van der Waals surface area (Å²) in [4.78, 5) is 13.1. The molecule has 0 amide bonds. The first-order chi connectivity index (χ1) is 9.10. The minimum Gasteiger partial charge on any atom is -0.478 e. The Morgan fingerprint density at radius 3 is 1.95 bits per heavy atom. The minimum atomic E-state index is -0.834. The molecule has 0 bridgehead atoms. The first kappa shape index (κ1) is 17.6. The van der Waals surface area contributed by atoms with Crippen LogP contribution in [-0.2, 0) is 6.42 Å². The van der Waals surface area contributed by atoms with Crippen LogP contribution in [0.25, 0.3) is 0 Å². The van der Waals surface area contributed by atoms with Crippen molar-refractivity contribution < 1.29 is 9.90 Å². The van der Waals surface area contributed by atoms with E-state index < -0.39 is 5.97 Å². The molecule has 1 aromatic rings. The number of hydrogen-bond donors (Lipinski definition) is 1. The van der Waals surface area contributed by atoms with Gasteiger partial charge in [0.2, 0.25) is 0 Å². The van der Waals surface area contributed by atoms with Crippen LogP contribution in [0.1, 0.15) is 50.0 Å². The van der Waals surface area contributed by atoms with Crippen LogP contribution >= 0.6 is 0 Å². The van der Waals surface area contributed by atoms with Crippen LogP contribution in [0, 0.1) is 0 Å². The van der Waals surface area contributed by atoms with E-state index in [1.807, 2.05) is 19.1 Å². The number of hydrogen-bond acceptors (Lipinski definition) is 2. The van der Waals surface area contributed by atoms with Gasteiger partial charge in [0.15, 0.2) is 0 Å². The fraction of sp³-hybridized carbons (Fsp3) is 0.562. The molecule has 0 saturated carbocycles. The average molecular weight is 265 g/mol. The number of carboxylic acids is 1. The summed E-state index contributed by atoms with van der Waals surface area (Å²) in [7, 11) is 0. The van der Waals surface area contributed by atoms with Gasteiger partial charge in [0.1, 0.15) is 0 Å². The Balaban J connectivity index is 0.000000399. The van der Waals surface area contributed by atoms with E-state index in [9.17, 15) is 4.79 Å². The molecule has 0 aliphatic carbocycles. The van der Waals surface area contributed by atoms with E-state index in [1.165, 1.54) is 19.6 Å². The molecule has 0 radical (unpaired) electrons. The molecule has 1 aromatic carbocycles. The molecule has 1 N–H and O–H groups in total. The van der Waals surface area contributed by atoms with Crippen LogP contribution in [0.5, 0.6) is 0 Å². The third-order valence-electron chi connectivity index (χ3n) is 3.11. The normalized spacial score (nSPS) is 9.95. The predicted molar refractivity (Wildman–Crippen MR) is 80.9 cm³/mol. The summed E-state index contributed by atoms with van der Waals surface area (Å²) in [5.41, 5.74) is 1.35. The van der Waals surface area contributed by atoms with Gasteiger partial charge in [-0.1, -0.05) is 52.3 Å². The van der Waals surface area contributed by atoms with Gasteiger partial charge in [-0.3, -0.25) is 0 Å². The molecule has 19 heavy (non-hydrogen) atoms. The number of aryl methyl sites for hydroxylation is 1. The Morgan fingerprint density at radius 2 is 1.58 bits per heavy atom. The molecule has 0 aliphatic heterocycles. The molecule has 0 fully saturated rings. The summed E-state index contributed by atoms with van der Waals surface area (Å²) in [5.74, 6) is -0.834. The molecule has 108 valence electrons. The molecular formula is C16H27NO2. The van der Waals surface area contributed by atoms with Gasteiger partial charge in [0, 0.05) is 0 Å².